The van der Waals surface area contributed by atoms with Gasteiger partial charge < -0.3 is 15.7 Å². The lowest BCUT2D eigenvalue weighted by atomic mass is 10.1. The van der Waals surface area contributed by atoms with E-state index in [-0.39, 0.29) is 12.4 Å². The molecule has 0 amide bonds. The molecule has 3 N–H and O–H groups in total. The molecule has 2 aromatic rings. The molecule has 0 aliphatic carbocycles. The summed E-state index contributed by atoms with van der Waals surface area (Å²) in [5.74, 6) is 0.109. The Morgan fingerprint density at radius 2 is 2.10 bits per heavy atom. The third-order valence-electron chi connectivity index (χ3n) is 2.76. The molecule has 0 aliphatic heterocycles. The summed E-state index contributed by atoms with van der Waals surface area (Å²) in [6.07, 6.45) is 0. The number of hydrogen-bond acceptors (Lipinski definition) is 3. The summed E-state index contributed by atoms with van der Waals surface area (Å²) < 4.78 is 19.1. The third kappa shape index (κ3) is 3.47. The van der Waals surface area contributed by atoms with Crippen LogP contribution in [0.4, 0.5) is 4.39 Å². The van der Waals surface area contributed by atoms with Gasteiger partial charge in [0.15, 0.2) is 5.84 Å². The highest BCUT2D eigenvalue weighted by Gasteiger charge is 2.05. The molecule has 0 fully saturated rings. The third-order valence-corrected chi connectivity index (χ3v) is 2.76. The van der Waals surface area contributed by atoms with Crippen LogP contribution in [0.3, 0.4) is 0 Å². The highest BCUT2D eigenvalue weighted by Crippen LogP contribution is 2.16. The Bertz CT molecular complexity index is 642. The van der Waals surface area contributed by atoms with Crippen LogP contribution < -0.4 is 10.5 Å². The maximum absolute atomic E-state index is 13.5. The van der Waals surface area contributed by atoms with Gasteiger partial charge in [0.25, 0.3) is 0 Å². The van der Waals surface area contributed by atoms with Gasteiger partial charge in [0.05, 0.1) is 0 Å². The summed E-state index contributed by atoms with van der Waals surface area (Å²) in [6.45, 7) is 2.17. The van der Waals surface area contributed by atoms with E-state index in [2.05, 4.69) is 5.16 Å². The quantitative estimate of drug-likeness (QED) is 0.390. The lowest BCUT2D eigenvalue weighted by Gasteiger charge is -2.08. The minimum absolute atomic E-state index is 0.138. The van der Waals surface area contributed by atoms with Gasteiger partial charge in [0.2, 0.25) is 0 Å². The van der Waals surface area contributed by atoms with Crippen LogP contribution in [0.1, 0.15) is 16.7 Å². The second kappa shape index (κ2) is 6.06. The molecule has 0 radical (unpaired) electrons. The van der Waals surface area contributed by atoms with Gasteiger partial charge in [-0.1, -0.05) is 17.3 Å². The van der Waals surface area contributed by atoms with Crippen molar-refractivity contribution in [3.8, 4) is 5.75 Å². The molecule has 0 atom stereocenters. The molecule has 0 aliphatic rings. The number of nitrogens with zero attached hydrogens (tertiary/aromatic N) is 1. The topological polar surface area (TPSA) is 67.8 Å². The fraction of sp³-hybridized carbons (Fsp3) is 0.133. The molecule has 0 aromatic heterocycles. The molecule has 0 bridgehead atoms. The standard InChI is InChI=1S/C15H15FN2O2/c1-10-3-2-4-14(5-10)20-9-11-6-12(15(17)18-19)8-13(16)7-11/h2-8,19H,9H2,1H3,(H2,17,18). The van der Waals surface area contributed by atoms with E-state index in [1.807, 2.05) is 31.2 Å². The molecule has 0 saturated carbocycles. The molecule has 2 rings (SSSR count). The SMILES string of the molecule is Cc1cccc(OCc2cc(F)cc(/C(N)=N/O)c2)c1. The van der Waals surface area contributed by atoms with Gasteiger partial charge in [-0.25, -0.2) is 4.39 Å². The Balaban J connectivity index is 2.15. The molecule has 0 spiro atoms. The molecule has 0 heterocycles. The molecule has 104 valence electrons. The monoisotopic (exact) mass is 274 g/mol. The van der Waals surface area contributed by atoms with E-state index >= 15 is 0 Å². The van der Waals surface area contributed by atoms with Crippen molar-refractivity contribution < 1.29 is 14.3 Å². The number of amidine groups is 1. The van der Waals surface area contributed by atoms with Crippen molar-refractivity contribution in [3.05, 3.63) is 65.0 Å². The van der Waals surface area contributed by atoms with Crippen molar-refractivity contribution in [3.63, 3.8) is 0 Å². The molecule has 0 saturated heterocycles. The van der Waals surface area contributed by atoms with E-state index < -0.39 is 5.82 Å². The van der Waals surface area contributed by atoms with Crippen LogP contribution in [-0.4, -0.2) is 11.0 Å². The van der Waals surface area contributed by atoms with Gasteiger partial charge in [0, 0.05) is 5.56 Å². The van der Waals surface area contributed by atoms with Crippen LogP contribution in [0, 0.1) is 12.7 Å². The van der Waals surface area contributed by atoms with Crippen LogP contribution in [0.15, 0.2) is 47.6 Å². The van der Waals surface area contributed by atoms with Gasteiger partial charge >= 0.3 is 0 Å². The van der Waals surface area contributed by atoms with Crippen molar-refractivity contribution in [2.45, 2.75) is 13.5 Å². The van der Waals surface area contributed by atoms with Crippen LogP contribution in [0.5, 0.6) is 5.75 Å². The Morgan fingerprint density at radius 3 is 2.80 bits per heavy atom. The molecule has 0 unspecified atom stereocenters. The number of hydrogen-bond donors (Lipinski definition) is 2. The Hall–Kier alpha value is -2.56. The zero-order valence-corrected chi connectivity index (χ0v) is 11.0. The smallest absolute Gasteiger partial charge is 0.170 e. The fourth-order valence-electron chi connectivity index (χ4n) is 1.81. The first-order valence-electron chi connectivity index (χ1n) is 6.05. The Kier molecular flexibility index (Phi) is 4.20. The summed E-state index contributed by atoms with van der Waals surface area (Å²) >= 11 is 0. The van der Waals surface area contributed by atoms with E-state index in [0.717, 1.165) is 5.56 Å². The predicted molar refractivity (Wildman–Crippen MR) is 74.4 cm³/mol. The minimum Gasteiger partial charge on any atom is -0.489 e. The Labute approximate surface area is 116 Å². The Morgan fingerprint density at radius 1 is 1.30 bits per heavy atom. The number of ether oxygens (including phenoxy) is 1. The average Bonchev–Trinajstić information content (AvgIpc) is 2.44. The van der Waals surface area contributed by atoms with Gasteiger partial charge in [-0.3, -0.25) is 0 Å². The first kappa shape index (κ1) is 13.9. The molecular formula is C15H15FN2O2. The van der Waals surface area contributed by atoms with E-state index in [1.54, 1.807) is 6.07 Å². The first-order chi connectivity index (χ1) is 9.58. The summed E-state index contributed by atoms with van der Waals surface area (Å²) in [5.41, 5.74) is 7.45. The second-order valence-electron chi connectivity index (χ2n) is 4.44. The van der Waals surface area contributed by atoms with E-state index in [1.165, 1.54) is 12.1 Å². The zero-order chi connectivity index (χ0) is 14.5. The van der Waals surface area contributed by atoms with Gasteiger partial charge in [0.1, 0.15) is 18.2 Å². The molecule has 20 heavy (non-hydrogen) atoms. The highest BCUT2D eigenvalue weighted by molar-refractivity contribution is 5.97. The normalized spacial score (nSPS) is 11.4. The van der Waals surface area contributed by atoms with Crippen molar-refractivity contribution in [2.75, 3.05) is 0 Å². The maximum Gasteiger partial charge on any atom is 0.170 e. The van der Waals surface area contributed by atoms with Crippen LogP contribution in [-0.2, 0) is 6.61 Å². The van der Waals surface area contributed by atoms with Crippen molar-refractivity contribution >= 4 is 5.84 Å². The lowest BCUT2D eigenvalue weighted by molar-refractivity contribution is 0.305. The summed E-state index contributed by atoms with van der Waals surface area (Å²) in [7, 11) is 0. The first-order valence-corrected chi connectivity index (χ1v) is 6.05. The molecule has 5 heteroatoms. The number of nitrogens with two attached hydrogens (primary N) is 1. The van der Waals surface area contributed by atoms with Gasteiger partial charge in [-0.15, -0.1) is 0 Å². The predicted octanol–water partition coefficient (Wildman–Crippen LogP) is 2.81. The minimum atomic E-state index is -0.461. The number of rotatable bonds is 4. The molecule has 4 nitrogen and oxygen atoms in total. The van der Waals surface area contributed by atoms with Crippen molar-refractivity contribution in [2.24, 2.45) is 10.9 Å². The number of oxime groups is 1. The summed E-state index contributed by atoms with van der Waals surface area (Å²) in [6, 6.07) is 11.7. The van der Waals surface area contributed by atoms with Crippen LogP contribution >= 0.6 is 0 Å². The molecular weight excluding hydrogens is 259 g/mol. The van der Waals surface area contributed by atoms with Crippen molar-refractivity contribution in [1.29, 1.82) is 0 Å². The lowest BCUT2D eigenvalue weighted by Crippen LogP contribution is -2.14. The highest BCUT2D eigenvalue weighted by atomic mass is 19.1. The van der Waals surface area contributed by atoms with Crippen LogP contribution in [0.2, 0.25) is 0 Å². The average molecular weight is 274 g/mol. The summed E-state index contributed by atoms with van der Waals surface area (Å²) in [5, 5.41) is 11.5. The fourth-order valence-corrected chi connectivity index (χ4v) is 1.81. The molecule has 2 aromatic carbocycles. The number of benzene rings is 2. The maximum atomic E-state index is 13.5. The zero-order valence-electron chi connectivity index (χ0n) is 11.0. The van der Waals surface area contributed by atoms with E-state index in [9.17, 15) is 4.39 Å². The number of aryl methyl sites for hydroxylation is 1. The van der Waals surface area contributed by atoms with E-state index in [0.29, 0.717) is 16.9 Å². The largest absolute Gasteiger partial charge is 0.489 e. The van der Waals surface area contributed by atoms with E-state index in [4.69, 9.17) is 15.7 Å². The van der Waals surface area contributed by atoms with Crippen LogP contribution in [0.25, 0.3) is 0 Å². The van der Waals surface area contributed by atoms with Crippen molar-refractivity contribution in [1.82, 2.24) is 0 Å². The summed E-state index contributed by atoms with van der Waals surface area (Å²) in [4.78, 5) is 0. The second-order valence-corrected chi connectivity index (χ2v) is 4.44. The van der Waals surface area contributed by atoms with Gasteiger partial charge in [-0.2, -0.15) is 0 Å². The number of halogens is 1. The van der Waals surface area contributed by atoms with Gasteiger partial charge in [-0.05, 0) is 48.4 Å².